The summed E-state index contributed by atoms with van der Waals surface area (Å²) in [4.78, 5) is 0. The maximum Gasteiger partial charge on any atom is 1.00 e. The minimum atomic E-state index is -4.91. The van der Waals surface area contributed by atoms with Gasteiger partial charge in [0.2, 0.25) is 0 Å². The van der Waals surface area contributed by atoms with Crippen molar-refractivity contribution in [2.75, 3.05) is 0 Å². The molecule has 7 heteroatoms. The monoisotopic (exact) mass is 404 g/mol. The minimum Gasteiger partial charge on any atom is -0.746 e. The van der Waals surface area contributed by atoms with E-state index in [0.717, 1.165) is 51.4 Å². The van der Waals surface area contributed by atoms with Crippen LogP contribution in [-0.4, -0.2) is 34.2 Å². The summed E-state index contributed by atoms with van der Waals surface area (Å²) in [5, 5.41) is 20.4. The molecule has 5 nitrogen and oxygen atoms in total. The topological polar surface area (TPSA) is 97.7 Å². The van der Waals surface area contributed by atoms with Crippen LogP contribution >= 0.6 is 0 Å². The molecule has 0 aromatic rings. The van der Waals surface area contributed by atoms with Crippen LogP contribution in [0.15, 0.2) is 0 Å². The fourth-order valence-corrected chi connectivity index (χ4v) is 3.84. The summed E-state index contributed by atoms with van der Waals surface area (Å²) in [5.41, 5.74) is -4.04. The zero-order chi connectivity index (χ0) is 18.5. The summed E-state index contributed by atoms with van der Waals surface area (Å²) in [6, 6.07) is 0. The molecule has 0 aliphatic carbocycles. The molecule has 0 rings (SSSR count). The number of rotatable bonds is 16. The second-order valence-corrected chi connectivity index (χ2v) is 8.42. The number of aliphatic hydroxyl groups excluding tert-OH is 1. The Kier molecular flexibility index (Phi) is 18.8. The Bertz CT molecular complexity index is 384. The van der Waals surface area contributed by atoms with Gasteiger partial charge in [0.05, 0.1) is 0 Å². The third-order valence-electron chi connectivity index (χ3n) is 4.66. The first-order valence-electron chi connectivity index (χ1n) is 9.63. The molecule has 0 amide bonds. The smallest absolute Gasteiger partial charge is 0.746 e. The molecule has 0 saturated heterocycles. The van der Waals surface area contributed by atoms with E-state index >= 15 is 0 Å². The molecule has 0 saturated carbocycles. The zero-order valence-corrected chi connectivity index (χ0v) is 20.4. The molecule has 25 heavy (non-hydrogen) atoms. The predicted octanol–water partition coefficient (Wildman–Crippen LogP) is 1.09. The Morgan fingerprint density at radius 1 is 0.800 bits per heavy atom. The van der Waals surface area contributed by atoms with Crippen LogP contribution in [-0.2, 0) is 10.1 Å². The molecular formula is C18H37KO5S. The number of hydrogen-bond donors (Lipinski definition) is 2. The summed E-state index contributed by atoms with van der Waals surface area (Å²) in [6.45, 7) is 4.27. The summed E-state index contributed by atoms with van der Waals surface area (Å²) >= 11 is 0. The third kappa shape index (κ3) is 14.2. The Morgan fingerprint density at radius 3 is 1.44 bits per heavy atom. The van der Waals surface area contributed by atoms with Crippen molar-refractivity contribution in [3.63, 3.8) is 0 Å². The molecule has 0 heterocycles. The van der Waals surface area contributed by atoms with Gasteiger partial charge in [-0.2, -0.15) is 0 Å². The normalized spacial score (nSPS) is 13.5. The molecule has 0 radical (unpaired) electrons. The first-order chi connectivity index (χ1) is 11.3. The first-order valence-corrected chi connectivity index (χ1v) is 11.1. The standard InChI is InChI=1S/C18H38O5S.K/c1-3-5-7-9-11-13-15-18(20,17(19)24(21,22)23)16-14-12-10-8-6-4-2;/h17,19-20H,3-16H2,1-2H3,(H,21,22,23);/q;+1/p-1. The van der Waals surface area contributed by atoms with Gasteiger partial charge >= 0.3 is 51.4 Å². The SMILES string of the molecule is CCCCCCCCC(O)(CCCCCCCC)C(O)S(=O)(=O)[O-].[K+]. The number of aliphatic hydroxyl groups is 2. The zero-order valence-electron chi connectivity index (χ0n) is 16.5. The van der Waals surface area contributed by atoms with E-state index in [4.69, 9.17) is 0 Å². The Hall–Kier alpha value is 1.47. The predicted molar refractivity (Wildman–Crippen MR) is 96.6 cm³/mol. The molecule has 0 fully saturated rings. The summed E-state index contributed by atoms with van der Waals surface area (Å²) in [5.74, 6) is 0. The van der Waals surface area contributed by atoms with E-state index in [-0.39, 0.29) is 64.2 Å². The Morgan fingerprint density at radius 2 is 1.12 bits per heavy atom. The third-order valence-corrected chi connectivity index (χ3v) is 5.65. The molecule has 1 atom stereocenters. The Balaban J connectivity index is 0. The van der Waals surface area contributed by atoms with E-state index in [0.29, 0.717) is 12.8 Å². The van der Waals surface area contributed by atoms with Gasteiger partial charge in [-0.05, 0) is 12.8 Å². The van der Waals surface area contributed by atoms with Crippen LogP contribution in [0.25, 0.3) is 0 Å². The van der Waals surface area contributed by atoms with Gasteiger partial charge in [-0.1, -0.05) is 90.9 Å². The summed E-state index contributed by atoms with van der Waals surface area (Å²) < 4.78 is 33.5. The molecule has 146 valence electrons. The van der Waals surface area contributed by atoms with E-state index in [9.17, 15) is 23.2 Å². The van der Waals surface area contributed by atoms with Crippen LogP contribution < -0.4 is 51.4 Å². The average molecular weight is 405 g/mol. The molecular weight excluding hydrogens is 367 g/mol. The van der Waals surface area contributed by atoms with Crippen molar-refractivity contribution in [1.29, 1.82) is 0 Å². The van der Waals surface area contributed by atoms with Crippen molar-refractivity contribution < 1.29 is 74.6 Å². The summed E-state index contributed by atoms with van der Waals surface area (Å²) in [6.07, 6.45) is 12.3. The van der Waals surface area contributed by atoms with Gasteiger partial charge in [0.1, 0.15) is 15.7 Å². The van der Waals surface area contributed by atoms with Gasteiger partial charge in [0.15, 0.2) is 5.44 Å². The maximum absolute atomic E-state index is 11.2. The molecule has 0 aliphatic heterocycles. The van der Waals surface area contributed by atoms with Gasteiger partial charge < -0.3 is 14.8 Å². The molecule has 0 aromatic heterocycles. The van der Waals surface area contributed by atoms with Gasteiger partial charge in [-0.3, -0.25) is 0 Å². The van der Waals surface area contributed by atoms with Crippen molar-refractivity contribution in [2.45, 2.75) is 115 Å². The van der Waals surface area contributed by atoms with Crippen molar-refractivity contribution in [3.05, 3.63) is 0 Å². The van der Waals surface area contributed by atoms with E-state index in [1.807, 2.05) is 0 Å². The second kappa shape index (κ2) is 16.4. The summed E-state index contributed by atoms with van der Waals surface area (Å²) in [7, 11) is -4.91. The van der Waals surface area contributed by atoms with Crippen LogP contribution in [0.2, 0.25) is 0 Å². The molecule has 2 N–H and O–H groups in total. The van der Waals surface area contributed by atoms with Crippen LogP contribution in [0.3, 0.4) is 0 Å². The average Bonchev–Trinajstić information content (AvgIpc) is 2.52. The first kappa shape index (κ1) is 28.7. The molecule has 0 aliphatic rings. The van der Waals surface area contributed by atoms with Crippen LogP contribution in [0.5, 0.6) is 0 Å². The molecule has 0 bridgehead atoms. The minimum absolute atomic E-state index is 0. The fraction of sp³-hybridized carbons (Fsp3) is 1.00. The fourth-order valence-electron chi connectivity index (χ4n) is 3.06. The van der Waals surface area contributed by atoms with E-state index in [1.54, 1.807) is 0 Å². The Labute approximate surface area is 197 Å². The van der Waals surface area contributed by atoms with Gasteiger partial charge in [0, 0.05) is 0 Å². The van der Waals surface area contributed by atoms with Gasteiger partial charge in [-0.15, -0.1) is 0 Å². The largest absolute Gasteiger partial charge is 1.00 e. The van der Waals surface area contributed by atoms with Crippen molar-refractivity contribution in [3.8, 4) is 0 Å². The molecule has 1 unspecified atom stereocenters. The van der Waals surface area contributed by atoms with Crippen molar-refractivity contribution >= 4 is 10.1 Å². The number of hydrogen-bond acceptors (Lipinski definition) is 5. The van der Waals surface area contributed by atoms with Crippen molar-refractivity contribution in [1.82, 2.24) is 0 Å². The quantitative estimate of drug-likeness (QED) is 0.228. The van der Waals surface area contributed by atoms with E-state index < -0.39 is 21.2 Å². The van der Waals surface area contributed by atoms with Crippen molar-refractivity contribution in [2.24, 2.45) is 0 Å². The van der Waals surface area contributed by atoms with Crippen LogP contribution in [0.4, 0.5) is 0 Å². The molecule has 0 spiro atoms. The molecule has 0 aromatic carbocycles. The number of unbranched alkanes of at least 4 members (excludes halogenated alkanes) is 10. The van der Waals surface area contributed by atoms with E-state index in [1.165, 1.54) is 12.8 Å². The van der Waals surface area contributed by atoms with Crippen LogP contribution in [0, 0.1) is 0 Å². The van der Waals surface area contributed by atoms with E-state index in [2.05, 4.69) is 13.8 Å². The van der Waals surface area contributed by atoms with Crippen LogP contribution in [0.1, 0.15) is 104 Å². The van der Waals surface area contributed by atoms with Gasteiger partial charge in [0.25, 0.3) is 0 Å². The second-order valence-electron chi connectivity index (χ2n) is 6.98. The van der Waals surface area contributed by atoms with Gasteiger partial charge in [-0.25, -0.2) is 8.42 Å². The maximum atomic E-state index is 11.2.